The van der Waals surface area contributed by atoms with Crippen LogP contribution in [-0.4, -0.2) is 31.9 Å². The van der Waals surface area contributed by atoms with Crippen molar-refractivity contribution in [1.82, 2.24) is 5.32 Å². The maximum absolute atomic E-state index is 13.0. The van der Waals surface area contributed by atoms with Gasteiger partial charge in [0.15, 0.2) is 9.84 Å². The predicted octanol–water partition coefficient (Wildman–Crippen LogP) is 2.28. The number of nitrogens with one attached hydrogen (secondary N) is 2. The number of anilines is 1. The van der Waals surface area contributed by atoms with Crippen molar-refractivity contribution in [3.63, 3.8) is 0 Å². The van der Waals surface area contributed by atoms with Gasteiger partial charge in [0.25, 0.3) is 0 Å². The van der Waals surface area contributed by atoms with Gasteiger partial charge in [0.1, 0.15) is 11.9 Å². The molecule has 0 saturated carbocycles. The van der Waals surface area contributed by atoms with Gasteiger partial charge in [-0.25, -0.2) is 12.8 Å². The minimum atomic E-state index is -3.05. The number of carbonyl (C=O) groups excluding carboxylic acids is 1. The van der Waals surface area contributed by atoms with Crippen LogP contribution in [0, 0.1) is 5.82 Å². The van der Waals surface area contributed by atoms with E-state index in [1.165, 1.54) is 24.3 Å². The average Bonchev–Trinajstić information content (AvgIpc) is 2.94. The summed E-state index contributed by atoms with van der Waals surface area (Å²) in [5.41, 5.74) is 1.22. The van der Waals surface area contributed by atoms with Crippen LogP contribution >= 0.6 is 0 Å². The van der Waals surface area contributed by atoms with Crippen molar-refractivity contribution in [2.45, 2.75) is 18.5 Å². The van der Waals surface area contributed by atoms with Gasteiger partial charge in [-0.15, -0.1) is 0 Å². The van der Waals surface area contributed by atoms with Gasteiger partial charge >= 0.3 is 0 Å². The third kappa shape index (κ3) is 4.64. The van der Waals surface area contributed by atoms with Crippen LogP contribution < -0.4 is 10.6 Å². The Morgan fingerprint density at radius 3 is 2.36 bits per heavy atom. The number of hydrogen-bond donors (Lipinski definition) is 2. The van der Waals surface area contributed by atoms with Crippen molar-refractivity contribution < 1.29 is 17.6 Å². The van der Waals surface area contributed by atoms with E-state index in [1.807, 2.05) is 30.3 Å². The molecule has 1 aliphatic heterocycles. The lowest BCUT2D eigenvalue weighted by atomic mass is 10.0. The molecule has 132 valence electrons. The first kappa shape index (κ1) is 17.6. The Kier molecular flexibility index (Phi) is 5.15. The van der Waals surface area contributed by atoms with Crippen molar-refractivity contribution in [3.8, 4) is 0 Å². The molecule has 7 heteroatoms. The van der Waals surface area contributed by atoms with E-state index in [4.69, 9.17) is 0 Å². The number of rotatable bonds is 5. The van der Waals surface area contributed by atoms with Crippen molar-refractivity contribution in [1.29, 1.82) is 0 Å². The summed E-state index contributed by atoms with van der Waals surface area (Å²) in [5.74, 6) is -0.541. The summed E-state index contributed by atoms with van der Waals surface area (Å²) in [7, 11) is -3.05. The Hall–Kier alpha value is -2.25. The first-order valence-corrected chi connectivity index (χ1v) is 9.83. The van der Waals surface area contributed by atoms with Crippen molar-refractivity contribution >= 4 is 21.4 Å². The molecule has 0 aliphatic carbocycles. The van der Waals surface area contributed by atoms with Crippen molar-refractivity contribution in [2.75, 3.05) is 16.8 Å². The topological polar surface area (TPSA) is 75.3 Å². The molecule has 1 amide bonds. The fourth-order valence-electron chi connectivity index (χ4n) is 2.88. The first-order valence-electron chi connectivity index (χ1n) is 8.01. The molecule has 1 aliphatic rings. The lowest BCUT2D eigenvalue weighted by Gasteiger charge is -2.22. The Morgan fingerprint density at radius 1 is 1.08 bits per heavy atom. The molecule has 0 bridgehead atoms. The fourth-order valence-corrected chi connectivity index (χ4v) is 4.56. The number of hydrogen-bond acceptors (Lipinski definition) is 4. The molecular formula is C18H19FN2O3S. The maximum Gasteiger partial charge on any atom is 0.246 e. The van der Waals surface area contributed by atoms with Gasteiger partial charge in [-0.05, 0) is 36.2 Å². The Labute approximate surface area is 146 Å². The number of carbonyl (C=O) groups is 1. The molecule has 25 heavy (non-hydrogen) atoms. The molecule has 1 fully saturated rings. The van der Waals surface area contributed by atoms with Gasteiger partial charge in [-0.3, -0.25) is 10.1 Å². The monoisotopic (exact) mass is 362 g/mol. The maximum atomic E-state index is 13.0. The SMILES string of the molecule is O=C(Nc1ccc(F)cc1)[C@@H](N[C@@H]1CCS(=O)(=O)C1)c1ccccc1. The van der Waals surface area contributed by atoms with Crippen LogP contribution in [0.1, 0.15) is 18.0 Å². The van der Waals surface area contributed by atoms with Gasteiger partial charge in [0.05, 0.1) is 11.5 Å². The van der Waals surface area contributed by atoms with E-state index in [-0.39, 0.29) is 29.3 Å². The average molecular weight is 362 g/mol. The number of amides is 1. The standard InChI is InChI=1S/C18H19FN2O3S/c19-14-6-8-15(9-7-14)21-18(22)17(13-4-2-1-3-5-13)20-16-10-11-25(23,24)12-16/h1-9,16-17,20H,10-12H2,(H,21,22)/t16-,17+/m1/s1. The zero-order valence-electron chi connectivity index (χ0n) is 13.5. The van der Waals surface area contributed by atoms with Crippen LogP contribution in [0.5, 0.6) is 0 Å². The van der Waals surface area contributed by atoms with Crippen LogP contribution in [0.2, 0.25) is 0 Å². The predicted molar refractivity (Wildman–Crippen MR) is 94.4 cm³/mol. The molecule has 0 spiro atoms. The lowest BCUT2D eigenvalue weighted by Crippen LogP contribution is -2.40. The highest BCUT2D eigenvalue weighted by Gasteiger charge is 2.32. The van der Waals surface area contributed by atoms with Crippen LogP contribution in [0.25, 0.3) is 0 Å². The van der Waals surface area contributed by atoms with Gasteiger partial charge < -0.3 is 5.32 Å². The third-order valence-electron chi connectivity index (χ3n) is 4.14. The molecule has 0 unspecified atom stereocenters. The quantitative estimate of drug-likeness (QED) is 0.856. The molecule has 2 atom stereocenters. The van der Waals surface area contributed by atoms with Crippen LogP contribution in [0.15, 0.2) is 54.6 Å². The molecule has 0 radical (unpaired) electrons. The minimum absolute atomic E-state index is 0.0279. The van der Waals surface area contributed by atoms with E-state index in [2.05, 4.69) is 10.6 Å². The molecule has 1 heterocycles. The Balaban J connectivity index is 1.78. The van der Waals surface area contributed by atoms with Crippen LogP contribution in [0.4, 0.5) is 10.1 Å². The Morgan fingerprint density at radius 2 is 1.76 bits per heavy atom. The van der Waals surface area contributed by atoms with E-state index in [0.717, 1.165) is 5.56 Å². The number of benzene rings is 2. The molecule has 2 aromatic carbocycles. The Bertz CT molecular complexity index is 838. The van der Waals surface area contributed by atoms with Gasteiger partial charge in [0.2, 0.25) is 5.91 Å². The van der Waals surface area contributed by atoms with Gasteiger partial charge in [0, 0.05) is 11.7 Å². The summed E-state index contributed by atoms with van der Waals surface area (Å²) in [6.45, 7) is 0. The van der Waals surface area contributed by atoms with E-state index in [1.54, 1.807) is 0 Å². The summed E-state index contributed by atoms with van der Waals surface area (Å²) in [4.78, 5) is 12.7. The highest BCUT2D eigenvalue weighted by molar-refractivity contribution is 7.91. The molecule has 0 aromatic heterocycles. The summed E-state index contributed by atoms with van der Waals surface area (Å²) in [6, 6.07) is 13.6. The molecule has 3 rings (SSSR count). The second-order valence-electron chi connectivity index (χ2n) is 6.11. The van der Waals surface area contributed by atoms with Gasteiger partial charge in [-0.1, -0.05) is 30.3 Å². The molecular weight excluding hydrogens is 343 g/mol. The van der Waals surface area contributed by atoms with Gasteiger partial charge in [-0.2, -0.15) is 0 Å². The second kappa shape index (κ2) is 7.33. The minimum Gasteiger partial charge on any atom is -0.324 e. The molecule has 1 saturated heterocycles. The number of halogens is 1. The number of sulfone groups is 1. The summed E-state index contributed by atoms with van der Waals surface area (Å²) in [6.07, 6.45) is 0.482. The lowest BCUT2D eigenvalue weighted by molar-refractivity contribution is -0.118. The van der Waals surface area contributed by atoms with Crippen molar-refractivity contribution in [2.24, 2.45) is 0 Å². The normalized spacial score (nSPS) is 20.1. The zero-order chi connectivity index (χ0) is 17.9. The summed E-state index contributed by atoms with van der Waals surface area (Å²) >= 11 is 0. The molecule has 2 N–H and O–H groups in total. The summed E-state index contributed by atoms with van der Waals surface area (Å²) < 4.78 is 36.4. The smallest absolute Gasteiger partial charge is 0.246 e. The first-order chi connectivity index (χ1) is 11.9. The molecule has 5 nitrogen and oxygen atoms in total. The summed E-state index contributed by atoms with van der Waals surface area (Å²) in [5, 5.41) is 5.90. The van der Waals surface area contributed by atoms with Crippen molar-refractivity contribution in [3.05, 3.63) is 66.0 Å². The zero-order valence-corrected chi connectivity index (χ0v) is 14.3. The van der Waals surface area contributed by atoms with E-state index in [9.17, 15) is 17.6 Å². The highest BCUT2D eigenvalue weighted by atomic mass is 32.2. The van der Waals surface area contributed by atoms with E-state index in [0.29, 0.717) is 12.1 Å². The second-order valence-corrected chi connectivity index (χ2v) is 8.34. The fraction of sp³-hybridized carbons (Fsp3) is 0.278. The van der Waals surface area contributed by atoms with E-state index >= 15 is 0 Å². The highest BCUT2D eigenvalue weighted by Crippen LogP contribution is 2.20. The molecule has 2 aromatic rings. The van der Waals surface area contributed by atoms with Crippen LogP contribution in [0.3, 0.4) is 0 Å². The van der Waals surface area contributed by atoms with Crippen LogP contribution in [-0.2, 0) is 14.6 Å². The largest absolute Gasteiger partial charge is 0.324 e. The third-order valence-corrected chi connectivity index (χ3v) is 5.91. The van der Waals surface area contributed by atoms with E-state index < -0.39 is 15.9 Å².